The molecular weight excluding hydrogens is 276 g/mol. The van der Waals surface area contributed by atoms with E-state index in [2.05, 4.69) is 5.32 Å². The number of carbonyl (C=O) groups is 3. The molecule has 2 heterocycles. The first kappa shape index (κ1) is 15.1. The maximum atomic E-state index is 12.7. The Morgan fingerprint density at radius 1 is 1.33 bits per heavy atom. The summed E-state index contributed by atoms with van der Waals surface area (Å²) in [6.45, 7) is 5.82. The van der Waals surface area contributed by atoms with E-state index in [0.29, 0.717) is 23.6 Å². The van der Waals surface area contributed by atoms with E-state index in [1.165, 1.54) is 4.90 Å². The van der Waals surface area contributed by atoms with Gasteiger partial charge in [0.2, 0.25) is 5.91 Å². The van der Waals surface area contributed by atoms with Gasteiger partial charge in [0.05, 0.1) is 12.0 Å². The van der Waals surface area contributed by atoms with E-state index in [4.69, 9.17) is 9.52 Å². The van der Waals surface area contributed by atoms with Gasteiger partial charge in [0, 0.05) is 18.7 Å². The summed E-state index contributed by atoms with van der Waals surface area (Å²) in [5.74, 6) is -0.788. The average Bonchev–Trinajstić information content (AvgIpc) is 2.64. The molecule has 1 aliphatic heterocycles. The van der Waals surface area contributed by atoms with Gasteiger partial charge in [0.25, 0.3) is 5.91 Å². The van der Waals surface area contributed by atoms with Crippen LogP contribution >= 0.6 is 0 Å². The molecule has 2 rings (SSSR count). The van der Waals surface area contributed by atoms with Crippen molar-refractivity contribution in [3.63, 3.8) is 0 Å². The molecule has 1 fully saturated rings. The van der Waals surface area contributed by atoms with Crippen molar-refractivity contribution in [2.24, 2.45) is 0 Å². The Balaban J connectivity index is 2.35. The number of furan rings is 1. The molecule has 1 aromatic rings. The summed E-state index contributed by atoms with van der Waals surface area (Å²) in [6.07, 6.45) is -0.410. The largest absolute Gasteiger partial charge is 0.481 e. The van der Waals surface area contributed by atoms with Gasteiger partial charge >= 0.3 is 5.97 Å². The Morgan fingerprint density at radius 2 is 2.00 bits per heavy atom. The summed E-state index contributed by atoms with van der Waals surface area (Å²) in [4.78, 5) is 36.8. The van der Waals surface area contributed by atoms with E-state index in [1.807, 2.05) is 0 Å². The Kier molecular flexibility index (Phi) is 4.02. The Morgan fingerprint density at radius 3 is 2.52 bits per heavy atom. The third-order valence-electron chi connectivity index (χ3n) is 3.73. The van der Waals surface area contributed by atoms with Gasteiger partial charge in [-0.15, -0.1) is 0 Å². The summed E-state index contributed by atoms with van der Waals surface area (Å²) in [5, 5.41) is 11.5. The van der Waals surface area contributed by atoms with Crippen LogP contribution in [0.1, 0.15) is 33.9 Å². The van der Waals surface area contributed by atoms with Gasteiger partial charge in [-0.05, 0) is 20.8 Å². The zero-order valence-electron chi connectivity index (χ0n) is 12.2. The van der Waals surface area contributed by atoms with E-state index < -0.39 is 24.3 Å². The van der Waals surface area contributed by atoms with Gasteiger partial charge in [-0.3, -0.25) is 14.4 Å². The lowest BCUT2D eigenvalue weighted by Crippen LogP contribution is -2.57. The molecular formula is C14H18N2O5. The smallest absolute Gasteiger partial charge is 0.305 e. The van der Waals surface area contributed by atoms with Crippen LogP contribution in [-0.4, -0.2) is 46.9 Å². The number of hydrogen-bond acceptors (Lipinski definition) is 4. The Bertz CT molecular complexity index is 605. The highest BCUT2D eigenvalue weighted by Gasteiger charge is 2.36. The molecule has 114 valence electrons. The number of carbonyl (C=O) groups excluding carboxylic acids is 2. The van der Waals surface area contributed by atoms with Crippen molar-refractivity contribution < 1.29 is 23.9 Å². The standard InChI is InChI=1S/C14H18N2O5/c1-7-8(2)21-9(3)12(7)14(20)16-5-4-15-13(19)10(16)6-11(17)18/h10H,4-6H2,1-3H3,(H,15,19)(H,17,18). The Hall–Kier alpha value is -2.31. The van der Waals surface area contributed by atoms with Crippen molar-refractivity contribution in [2.45, 2.75) is 33.2 Å². The molecule has 7 nitrogen and oxygen atoms in total. The second-order valence-corrected chi connectivity index (χ2v) is 5.12. The molecule has 1 saturated heterocycles. The van der Waals surface area contributed by atoms with E-state index in [-0.39, 0.29) is 12.5 Å². The fourth-order valence-electron chi connectivity index (χ4n) is 2.58. The maximum absolute atomic E-state index is 12.7. The Labute approximate surface area is 121 Å². The highest BCUT2D eigenvalue weighted by Crippen LogP contribution is 2.24. The van der Waals surface area contributed by atoms with Crippen LogP contribution in [0.25, 0.3) is 0 Å². The maximum Gasteiger partial charge on any atom is 0.305 e. The monoisotopic (exact) mass is 294 g/mol. The van der Waals surface area contributed by atoms with Gasteiger partial charge in [0.1, 0.15) is 17.6 Å². The summed E-state index contributed by atoms with van der Waals surface area (Å²) in [5.41, 5.74) is 1.13. The van der Waals surface area contributed by atoms with E-state index in [9.17, 15) is 14.4 Å². The lowest BCUT2D eigenvalue weighted by molar-refractivity contribution is -0.142. The minimum Gasteiger partial charge on any atom is -0.481 e. The van der Waals surface area contributed by atoms with Crippen LogP contribution in [0.5, 0.6) is 0 Å². The lowest BCUT2D eigenvalue weighted by atomic mass is 10.0. The number of nitrogens with zero attached hydrogens (tertiary/aromatic N) is 1. The van der Waals surface area contributed by atoms with Gasteiger partial charge in [0.15, 0.2) is 0 Å². The van der Waals surface area contributed by atoms with Gasteiger partial charge < -0.3 is 19.7 Å². The van der Waals surface area contributed by atoms with Crippen molar-refractivity contribution in [1.82, 2.24) is 10.2 Å². The van der Waals surface area contributed by atoms with Crippen LogP contribution in [0.2, 0.25) is 0 Å². The molecule has 0 bridgehead atoms. The summed E-state index contributed by atoms with van der Waals surface area (Å²) in [7, 11) is 0. The fourth-order valence-corrected chi connectivity index (χ4v) is 2.58. The number of nitrogens with one attached hydrogen (secondary N) is 1. The number of rotatable bonds is 3. The number of aliphatic carboxylic acids is 1. The van der Waals surface area contributed by atoms with Crippen molar-refractivity contribution in [3.8, 4) is 0 Å². The molecule has 1 unspecified atom stereocenters. The minimum absolute atomic E-state index is 0.283. The second kappa shape index (κ2) is 5.59. The predicted molar refractivity (Wildman–Crippen MR) is 73.0 cm³/mol. The molecule has 0 saturated carbocycles. The van der Waals surface area contributed by atoms with E-state index >= 15 is 0 Å². The van der Waals surface area contributed by atoms with Crippen LogP contribution in [-0.2, 0) is 9.59 Å². The summed E-state index contributed by atoms with van der Waals surface area (Å²) < 4.78 is 5.44. The molecule has 1 aliphatic rings. The first-order valence-corrected chi connectivity index (χ1v) is 6.70. The van der Waals surface area contributed by atoms with Gasteiger partial charge in [-0.1, -0.05) is 0 Å². The average molecular weight is 294 g/mol. The minimum atomic E-state index is -1.12. The van der Waals surface area contributed by atoms with Crippen molar-refractivity contribution in [1.29, 1.82) is 0 Å². The molecule has 0 aliphatic carbocycles. The quantitative estimate of drug-likeness (QED) is 0.851. The van der Waals surface area contributed by atoms with Crippen LogP contribution in [0, 0.1) is 20.8 Å². The molecule has 0 radical (unpaired) electrons. The SMILES string of the molecule is Cc1oc(C)c(C(=O)N2CCNC(=O)C2CC(=O)O)c1C. The number of hydrogen-bond donors (Lipinski definition) is 2. The fraction of sp³-hybridized carbons (Fsp3) is 0.500. The van der Waals surface area contributed by atoms with Crippen LogP contribution < -0.4 is 5.32 Å². The molecule has 0 aromatic carbocycles. The first-order chi connectivity index (χ1) is 9.82. The predicted octanol–water partition coefficient (Wildman–Crippen LogP) is 0.620. The molecule has 7 heteroatoms. The zero-order valence-corrected chi connectivity index (χ0v) is 12.2. The van der Waals surface area contributed by atoms with Crippen molar-refractivity contribution >= 4 is 17.8 Å². The van der Waals surface area contributed by atoms with Gasteiger partial charge in [-0.25, -0.2) is 0 Å². The van der Waals surface area contributed by atoms with Crippen molar-refractivity contribution in [2.75, 3.05) is 13.1 Å². The van der Waals surface area contributed by atoms with Crippen molar-refractivity contribution in [3.05, 3.63) is 22.6 Å². The number of aryl methyl sites for hydroxylation is 2. The number of piperazine rings is 1. The second-order valence-electron chi connectivity index (χ2n) is 5.12. The summed E-state index contributed by atoms with van der Waals surface area (Å²) >= 11 is 0. The topological polar surface area (TPSA) is 99.9 Å². The van der Waals surface area contributed by atoms with E-state index in [1.54, 1.807) is 20.8 Å². The van der Waals surface area contributed by atoms with Gasteiger partial charge in [-0.2, -0.15) is 0 Å². The molecule has 21 heavy (non-hydrogen) atoms. The molecule has 2 amide bonds. The molecule has 2 N–H and O–H groups in total. The third-order valence-corrected chi connectivity index (χ3v) is 3.73. The lowest BCUT2D eigenvalue weighted by Gasteiger charge is -2.34. The van der Waals surface area contributed by atoms with E-state index in [0.717, 1.165) is 5.56 Å². The molecule has 0 spiro atoms. The first-order valence-electron chi connectivity index (χ1n) is 6.70. The third kappa shape index (κ3) is 2.76. The molecule has 1 aromatic heterocycles. The highest BCUT2D eigenvalue weighted by atomic mass is 16.4. The normalized spacial score (nSPS) is 18.5. The van der Waals surface area contributed by atoms with Crippen LogP contribution in [0.4, 0.5) is 0 Å². The summed E-state index contributed by atoms with van der Waals surface area (Å²) in [6, 6.07) is -0.988. The van der Waals surface area contributed by atoms with Crippen LogP contribution in [0.3, 0.4) is 0 Å². The molecule has 1 atom stereocenters. The number of carboxylic acid groups (broad SMARTS) is 1. The zero-order chi connectivity index (χ0) is 15.7. The highest BCUT2D eigenvalue weighted by molar-refractivity contribution is 6.01. The number of amides is 2. The number of carboxylic acids is 1. The van der Waals surface area contributed by atoms with Crippen LogP contribution in [0.15, 0.2) is 4.42 Å².